The highest BCUT2D eigenvalue weighted by molar-refractivity contribution is 7.09. The molecule has 0 unspecified atom stereocenters. The molecule has 1 heterocycles. The zero-order chi connectivity index (χ0) is 10.8. The van der Waals surface area contributed by atoms with E-state index in [9.17, 15) is 0 Å². The van der Waals surface area contributed by atoms with Crippen molar-refractivity contribution in [3.63, 3.8) is 0 Å². The normalized spacial score (nSPS) is 11.6. The van der Waals surface area contributed by atoms with Gasteiger partial charge < -0.3 is 5.73 Å². The fourth-order valence-electron chi connectivity index (χ4n) is 1.59. The van der Waals surface area contributed by atoms with Crippen LogP contribution in [0.5, 0.6) is 0 Å². The summed E-state index contributed by atoms with van der Waals surface area (Å²) in [6.07, 6.45) is 9.03. The smallest absolute Gasteiger partial charge is 0.118 e. The van der Waals surface area contributed by atoms with Crippen LogP contribution in [0.3, 0.4) is 0 Å². The number of unbranched alkanes of at least 4 members (excludes halogenated alkanes) is 5. The molecular weight excluding hydrogens is 190 g/mol. The van der Waals surface area contributed by atoms with Crippen LogP contribution in [0.15, 0.2) is 17.5 Å². The third-order valence-corrected chi connectivity index (χ3v) is 3.37. The van der Waals surface area contributed by atoms with Gasteiger partial charge in [-0.25, -0.2) is 0 Å². The maximum Gasteiger partial charge on any atom is 0.118 e. The van der Waals surface area contributed by atoms with Gasteiger partial charge in [-0.2, -0.15) is 0 Å². The fraction of sp³-hybridized carbons (Fsp3) is 0.667. The summed E-state index contributed by atoms with van der Waals surface area (Å²) in [4.78, 5) is 1.52. The molecular formula is C12H21NS. The lowest BCUT2D eigenvalue weighted by atomic mass is 10.1. The van der Waals surface area contributed by atoms with E-state index in [-0.39, 0.29) is 0 Å². The largest absolute Gasteiger partial charge is 0.330 e. The van der Waals surface area contributed by atoms with Gasteiger partial charge in [-0.3, -0.25) is 0 Å². The molecule has 0 aliphatic heterocycles. The molecule has 0 saturated heterocycles. The van der Waals surface area contributed by atoms with E-state index < -0.39 is 0 Å². The van der Waals surface area contributed by atoms with E-state index in [0.29, 0.717) is 0 Å². The van der Waals surface area contributed by atoms with Crippen molar-refractivity contribution in [1.29, 1.82) is 0 Å². The summed E-state index contributed by atoms with van der Waals surface area (Å²) in [6.45, 7) is 0.842. The van der Waals surface area contributed by atoms with Gasteiger partial charge in [-0.05, 0) is 37.3 Å². The highest BCUT2D eigenvalue weighted by Gasteiger charge is 1.94. The van der Waals surface area contributed by atoms with Gasteiger partial charge in [-0.15, -0.1) is 11.3 Å². The highest BCUT2D eigenvalue weighted by atomic mass is 32.1. The molecule has 1 nitrogen and oxygen atoms in total. The van der Waals surface area contributed by atoms with Crippen LogP contribution in [0.25, 0.3) is 0 Å². The maximum absolute atomic E-state index is 6.78. The van der Waals surface area contributed by atoms with Crippen LogP contribution >= 0.6 is 11.3 Å². The number of thiophene rings is 1. The van der Waals surface area contributed by atoms with Gasteiger partial charge in [0, 0.05) is 4.88 Å². The first-order valence-corrected chi connectivity index (χ1v) is 6.48. The van der Waals surface area contributed by atoms with Gasteiger partial charge in [0.1, 0.15) is 1.41 Å². The monoisotopic (exact) mass is 213 g/mol. The zero-order valence-corrected chi connectivity index (χ0v) is 9.61. The summed E-state index contributed by atoms with van der Waals surface area (Å²) in [6, 6.07) is 4.36. The lowest BCUT2D eigenvalue weighted by Crippen LogP contribution is -1.97. The van der Waals surface area contributed by atoms with Crippen LogP contribution in [0, 0.1) is 0 Å². The van der Waals surface area contributed by atoms with Crippen LogP contribution in [-0.4, -0.2) is 6.54 Å². The minimum Gasteiger partial charge on any atom is -0.330 e. The van der Waals surface area contributed by atoms with Crippen LogP contribution in [-0.2, 0) is 6.42 Å². The molecule has 2 heteroatoms. The molecule has 0 atom stereocenters. The fourth-order valence-corrected chi connectivity index (χ4v) is 2.34. The summed E-state index contributed by atoms with van der Waals surface area (Å²) in [5.41, 5.74) is 2.44. The van der Waals surface area contributed by atoms with E-state index in [4.69, 9.17) is 1.41 Å². The molecule has 0 amide bonds. The Morgan fingerprint density at radius 2 is 1.93 bits per heavy atom. The van der Waals surface area contributed by atoms with Crippen molar-refractivity contribution >= 4 is 11.3 Å². The molecule has 0 aliphatic rings. The number of nitrogens with two attached hydrogens (primary N) is 1. The summed E-state index contributed by atoms with van der Waals surface area (Å²) >= 11 is 1.87. The molecule has 2 N–H and O–H groups in total. The van der Waals surface area contributed by atoms with Crippen LogP contribution < -0.4 is 5.73 Å². The maximum atomic E-state index is 6.78. The number of hydrogen-bond acceptors (Lipinski definition) is 2. The van der Waals surface area contributed by atoms with Crippen molar-refractivity contribution in [3.05, 3.63) is 22.4 Å². The van der Waals surface area contributed by atoms with E-state index in [0.717, 1.165) is 13.0 Å². The third kappa shape index (κ3) is 5.40. The lowest BCUT2D eigenvalue weighted by Gasteiger charge is -1.99. The van der Waals surface area contributed by atoms with Crippen molar-refractivity contribution < 1.29 is 1.41 Å². The molecule has 0 aliphatic carbocycles. The van der Waals surface area contributed by atoms with E-state index >= 15 is 0 Å². The predicted molar refractivity (Wildman–Crippen MR) is 64.8 cm³/mol. The Balaban J connectivity index is 1.81. The molecule has 0 radical (unpaired) electrons. The quantitative estimate of drug-likeness (QED) is 0.623. The topological polar surface area (TPSA) is 26.0 Å². The van der Waals surface area contributed by atoms with Crippen molar-refractivity contribution in [2.75, 3.05) is 6.54 Å². The molecule has 80 valence electrons. The van der Waals surface area contributed by atoms with E-state index in [1.807, 2.05) is 11.3 Å². The van der Waals surface area contributed by atoms with E-state index in [2.05, 4.69) is 23.2 Å². The first kappa shape index (κ1) is 10.2. The lowest BCUT2D eigenvalue weighted by molar-refractivity contribution is 0.599. The Bertz CT molecular complexity index is 224. The second-order valence-electron chi connectivity index (χ2n) is 3.70. The minimum atomic E-state index is 0.842. The average Bonchev–Trinajstić information content (AvgIpc) is 2.75. The summed E-state index contributed by atoms with van der Waals surface area (Å²) < 4.78 is 6.78. The first-order chi connectivity index (χ1) is 7.43. The van der Waals surface area contributed by atoms with Crippen LogP contribution in [0.2, 0.25) is 1.41 Å². The first-order valence-electron chi connectivity index (χ1n) is 6.10. The summed E-state index contributed by atoms with van der Waals surface area (Å²) in [5.74, 6) is 0. The Labute approximate surface area is 92.8 Å². The van der Waals surface area contributed by atoms with Crippen molar-refractivity contribution in [2.24, 2.45) is 5.73 Å². The van der Waals surface area contributed by atoms with E-state index in [1.54, 1.807) is 0 Å². The van der Waals surface area contributed by atoms with Gasteiger partial charge in [0.15, 0.2) is 0 Å². The third-order valence-electron chi connectivity index (χ3n) is 2.43. The van der Waals surface area contributed by atoms with Gasteiger partial charge in [0.25, 0.3) is 0 Å². The Morgan fingerprint density at radius 3 is 2.64 bits per heavy atom. The molecule has 0 spiro atoms. The van der Waals surface area contributed by atoms with Gasteiger partial charge in [0.05, 0.1) is 0 Å². The van der Waals surface area contributed by atoms with Crippen molar-refractivity contribution in [2.45, 2.75) is 44.9 Å². The SMILES string of the molecule is [3H]NCCCCCCCCc1cccs1. The summed E-state index contributed by atoms with van der Waals surface area (Å²) in [5, 5.41) is 2.16. The molecule has 1 aromatic heterocycles. The number of hydrogen-bond donors (Lipinski definition) is 1. The predicted octanol–water partition coefficient (Wildman–Crippen LogP) is 3.59. The number of rotatable bonds is 9. The minimum absolute atomic E-state index is 0.842. The van der Waals surface area contributed by atoms with Gasteiger partial charge in [-0.1, -0.05) is 31.7 Å². The highest BCUT2D eigenvalue weighted by Crippen LogP contribution is 2.13. The molecule has 0 saturated carbocycles. The second-order valence-corrected chi connectivity index (χ2v) is 4.73. The van der Waals surface area contributed by atoms with E-state index in [1.165, 1.54) is 43.4 Å². The van der Waals surface area contributed by atoms with Crippen LogP contribution in [0.1, 0.15) is 43.4 Å². The molecule has 0 aromatic carbocycles. The van der Waals surface area contributed by atoms with Crippen molar-refractivity contribution in [3.8, 4) is 0 Å². The molecule has 0 bridgehead atoms. The Morgan fingerprint density at radius 1 is 1.14 bits per heavy atom. The standard InChI is InChI=1S/C12H21NS/c13-10-6-4-2-1-3-5-8-12-9-7-11-14-12/h7,9,11H,1-6,8,10,13H2/i/hT. The Hall–Kier alpha value is -0.340. The average molecular weight is 213 g/mol. The Kier molecular flexibility index (Phi) is 5.83. The molecule has 1 aromatic rings. The summed E-state index contributed by atoms with van der Waals surface area (Å²) in [7, 11) is 0. The van der Waals surface area contributed by atoms with Gasteiger partial charge in [0.2, 0.25) is 0 Å². The molecule has 0 fully saturated rings. The molecule has 14 heavy (non-hydrogen) atoms. The van der Waals surface area contributed by atoms with Crippen LogP contribution in [0.4, 0.5) is 0 Å². The molecule has 1 rings (SSSR count). The zero-order valence-electron chi connectivity index (χ0n) is 9.80. The second kappa shape index (κ2) is 8.01. The van der Waals surface area contributed by atoms with Crippen molar-refractivity contribution in [1.82, 2.24) is 0 Å². The number of aryl methyl sites for hydroxylation is 1. The van der Waals surface area contributed by atoms with Gasteiger partial charge >= 0.3 is 0 Å².